The Morgan fingerprint density at radius 2 is 1.97 bits per heavy atom. The lowest BCUT2D eigenvalue weighted by molar-refractivity contribution is -0.139. The van der Waals surface area contributed by atoms with E-state index in [1.165, 1.54) is 18.4 Å². The smallest absolute Gasteiger partial charge is 0.338 e. The molecule has 9 heteroatoms. The van der Waals surface area contributed by atoms with Crippen LogP contribution in [0.1, 0.15) is 44.9 Å². The van der Waals surface area contributed by atoms with Crippen molar-refractivity contribution in [1.29, 1.82) is 0 Å². The fourth-order valence-corrected chi connectivity index (χ4v) is 5.36. The first-order chi connectivity index (χ1) is 18.8. The van der Waals surface area contributed by atoms with Crippen LogP contribution in [0.4, 0.5) is 0 Å². The number of allylic oxidation sites excluding steroid dienone is 1. The normalized spacial score (nSPS) is 14.9. The van der Waals surface area contributed by atoms with Gasteiger partial charge in [-0.25, -0.2) is 9.79 Å². The van der Waals surface area contributed by atoms with Gasteiger partial charge in [0.2, 0.25) is 0 Å². The summed E-state index contributed by atoms with van der Waals surface area (Å²) in [5.74, 6) is 3.48. The Bertz CT molecular complexity index is 1640. The van der Waals surface area contributed by atoms with Crippen molar-refractivity contribution in [2.24, 2.45) is 4.99 Å². The highest BCUT2D eigenvalue weighted by atomic mass is 32.1. The van der Waals surface area contributed by atoms with E-state index >= 15 is 0 Å². The Hall–Kier alpha value is -4.29. The summed E-state index contributed by atoms with van der Waals surface area (Å²) >= 11 is 1.24. The minimum Gasteiger partial charge on any atom is -0.493 e. The number of terminal acetylenes is 1. The summed E-state index contributed by atoms with van der Waals surface area (Å²) in [7, 11) is 1.53. The summed E-state index contributed by atoms with van der Waals surface area (Å²) in [6.07, 6.45) is 6.95. The molecule has 4 rings (SSSR count). The number of methoxy groups -OCH3 is 1. The molecule has 0 radical (unpaired) electrons. The molecular weight excluding hydrogens is 516 g/mol. The van der Waals surface area contributed by atoms with Gasteiger partial charge in [-0.2, -0.15) is 0 Å². The molecule has 0 bridgehead atoms. The zero-order valence-electron chi connectivity index (χ0n) is 22.5. The largest absolute Gasteiger partial charge is 0.493 e. The maximum atomic E-state index is 13.9. The number of ether oxygens (including phenoxy) is 4. The van der Waals surface area contributed by atoms with E-state index in [4.69, 9.17) is 25.4 Å². The van der Waals surface area contributed by atoms with Crippen LogP contribution in [0, 0.1) is 12.3 Å². The average molecular weight is 547 g/mol. The van der Waals surface area contributed by atoms with Gasteiger partial charge in [0, 0.05) is 5.56 Å². The second-order valence-electron chi connectivity index (χ2n) is 8.91. The van der Waals surface area contributed by atoms with Gasteiger partial charge in [0.1, 0.15) is 18.4 Å². The third-order valence-electron chi connectivity index (χ3n) is 5.89. The minimum atomic E-state index is -0.772. The van der Waals surface area contributed by atoms with Crippen molar-refractivity contribution in [1.82, 2.24) is 4.57 Å². The molecule has 0 unspecified atom stereocenters. The zero-order chi connectivity index (χ0) is 28.1. The SMILES string of the molecule is C#CCOc1ccc(/C=c2/sc3n(c2=O)[C@@H](c2ccccc2OC(C)C)C(C(=O)OCC)=C(C)N=3)cc1OC. The second-order valence-corrected chi connectivity index (χ2v) is 9.92. The van der Waals surface area contributed by atoms with Gasteiger partial charge in [0.15, 0.2) is 16.3 Å². The van der Waals surface area contributed by atoms with Crippen LogP contribution in [-0.4, -0.2) is 37.0 Å². The first-order valence-corrected chi connectivity index (χ1v) is 13.3. The van der Waals surface area contributed by atoms with Crippen LogP contribution in [0.2, 0.25) is 0 Å². The molecule has 1 atom stereocenters. The van der Waals surface area contributed by atoms with E-state index in [0.29, 0.717) is 43.4 Å². The third-order valence-corrected chi connectivity index (χ3v) is 6.87. The predicted molar refractivity (Wildman–Crippen MR) is 150 cm³/mol. The van der Waals surface area contributed by atoms with Crippen LogP contribution < -0.4 is 29.1 Å². The predicted octanol–water partition coefficient (Wildman–Crippen LogP) is 3.61. The molecule has 39 heavy (non-hydrogen) atoms. The summed E-state index contributed by atoms with van der Waals surface area (Å²) < 4.78 is 24.4. The molecular formula is C30H30N2O6S. The third kappa shape index (κ3) is 5.76. The molecule has 2 heterocycles. The molecule has 3 aromatic rings. The van der Waals surface area contributed by atoms with Gasteiger partial charge >= 0.3 is 5.97 Å². The van der Waals surface area contributed by atoms with Crippen molar-refractivity contribution in [2.45, 2.75) is 39.8 Å². The number of hydrogen-bond acceptors (Lipinski definition) is 8. The molecule has 1 aliphatic heterocycles. The van der Waals surface area contributed by atoms with Crippen molar-refractivity contribution < 1.29 is 23.7 Å². The molecule has 0 aliphatic carbocycles. The minimum absolute atomic E-state index is 0.110. The molecule has 2 aromatic carbocycles. The van der Waals surface area contributed by atoms with Crippen molar-refractivity contribution in [3.8, 4) is 29.6 Å². The molecule has 0 saturated carbocycles. The van der Waals surface area contributed by atoms with E-state index in [0.717, 1.165) is 5.56 Å². The maximum Gasteiger partial charge on any atom is 0.338 e. The lowest BCUT2D eigenvalue weighted by Gasteiger charge is -2.26. The Morgan fingerprint density at radius 1 is 1.21 bits per heavy atom. The Labute approximate surface area is 230 Å². The lowest BCUT2D eigenvalue weighted by atomic mass is 9.95. The van der Waals surface area contributed by atoms with Gasteiger partial charge in [-0.1, -0.05) is 41.5 Å². The van der Waals surface area contributed by atoms with Crippen LogP contribution in [0.15, 0.2) is 63.5 Å². The highest BCUT2D eigenvalue weighted by molar-refractivity contribution is 7.07. The quantitative estimate of drug-likeness (QED) is 0.301. The number of thiazole rings is 1. The van der Waals surface area contributed by atoms with Gasteiger partial charge in [0.05, 0.1) is 35.6 Å². The van der Waals surface area contributed by atoms with E-state index in [1.54, 1.807) is 36.6 Å². The summed E-state index contributed by atoms with van der Waals surface area (Å²) in [5, 5.41) is 0. The molecule has 0 amide bonds. The van der Waals surface area contributed by atoms with Gasteiger partial charge in [-0.15, -0.1) is 6.42 Å². The van der Waals surface area contributed by atoms with Gasteiger partial charge in [-0.3, -0.25) is 9.36 Å². The average Bonchev–Trinajstić information content (AvgIpc) is 3.21. The lowest BCUT2D eigenvalue weighted by Crippen LogP contribution is -2.40. The van der Waals surface area contributed by atoms with E-state index < -0.39 is 12.0 Å². The van der Waals surface area contributed by atoms with E-state index in [2.05, 4.69) is 10.9 Å². The first kappa shape index (κ1) is 27.7. The van der Waals surface area contributed by atoms with Gasteiger partial charge < -0.3 is 18.9 Å². The Kier molecular flexibility index (Phi) is 8.57. The number of esters is 1. The molecule has 1 aliphatic rings. The number of carbonyl (C=O) groups excluding carboxylic acids is 1. The topological polar surface area (TPSA) is 88.4 Å². The number of benzene rings is 2. The maximum absolute atomic E-state index is 13.9. The number of carbonyl (C=O) groups is 1. The van der Waals surface area contributed by atoms with Crippen molar-refractivity contribution in [3.05, 3.63) is 84.5 Å². The second kappa shape index (κ2) is 12.0. The number of rotatable bonds is 9. The summed E-state index contributed by atoms with van der Waals surface area (Å²) in [5.41, 5.74) is 1.90. The molecule has 202 valence electrons. The fourth-order valence-electron chi connectivity index (χ4n) is 4.32. The standard InChI is InChI=1S/C30H30N2O6S/c1-7-15-37-23-14-13-20(16-24(23)35-6)17-25-28(33)32-27(21-11-9-10-12-22(21)38-18(3)4)26(29(34)36-8-2)19(5)31-30(32)39-25/h1,9-14,16-18,27H,8,15H2,2-6H3/b25-17+/t27-/m0/s1. The van der Waals surface area contributed by atoms with Crippen LogP contribution in [-0.2, 0) is 9.53 Å². The molecule has 0 spiro atoms. The molecule has 1 aromatic heterocycles. The van der Waals surface area contributed by atoms with Crippen LogP contribution >= 0.6 is 11.3 Å². The number of para-hydroxylation sites is 1. The van der Waals surface area contributed by atoms with Crippen molar-refractivity contribution in [3.63, 3.8) is 0 Å². The van der Waals surface area contributed by atoms with Gasteiger partial charge in [-0.05, 0) is 57.5 Å². The number of hydrogen-bond donors (Lipinski definition) is 0. The molecule has 0 saturated heterocycles. The number of aromatic nitrogens is 1. The van der Waals surface area contributed by atoms with E-state index in [1.807, 2.05) is 44.2 Å². The van der Waals surface area contributed by atoms with Gasteiger partial charge in [0.25, 0.3) is 5.56 Å². The number of nitrogens with zero attached hydrogens (tertiary/aromatic N) is 2. The van der Waals surface area contributed by atoms with E-state index in [-0.39, 0.29) is 24.9 Å². The Balaban J connectivity index is 1.91. The van der Waals surface area contributed by atoms with Crippen molar-refractivity contribution >= 4 is 23.4 Å². The zero-order valence-corrected chi connectivity index (χ0v) is 23.3. The highest BCUT2D eigenvalue weighted by Crippen LogP contribution is 2.36. The Morgan fingerprint density at radius 3 is 2.67 bits per heavy atom. The molecule has 0 N–H and O–H groups in total. The summed E-state index contributed by atoms with van der Waals surface area (Å²) in [6, 6.07) is 11.9. The monoisotopic (exact) mass is 546 g/mol. The number of fused-ring (bicyclic) bond motifs is 1. The highest BCUT2D eigenvalue weighted by Gasteiger charge is 2.35. The molecule has 0 fully saturated rings. The summed E-state index contributed by atoms with van der Waals surface area (Å²) in [4.78, 5) is 32.2. The van der Waals surface area contributed by atoms with Crippen LogP contribution in [0.3, 0.4) is 0 Å². The van der Waals surface area contributed by atoms with E-state index in [9.17, 15) is 9.59 Å². The van der Waals surface area contributed by atoms with Crippen LogP contribution in [0.5, 0.6) is 17.2 Å². The summed E-state index contributed by atoms with van der Waals surface area (Å²) in [6.45, 7) is 7.64. The van der Waals surface area contributed by atoms with Crippen LogP contribution in [0.25, 0.3) is 6.08 Å². The van der Waals surface area contributed by atoms with Crippen molar-refractivity contribution in [2.75, 3.05) is 20.3 Å². The molecule has 8 nitrogen and oxygen atoms in total. The first-order valence-electron chi connectivity index (χ1n) is 12.5. The fraction of sp³-hybridized carbons (Fsp3) is 0.300.